The predicted octanol–water partition coefficient (Wildman–Crippen LogP) is 4.37. The van der Waals surface area contributed by atoms with Crippen LogP contribution < -0.4 is 4.74 Å². The van der Waals surface area contributed by atoms with Crippen LogP contribution >= 0.6 is 11.6 Å². The lowest BCUT2D eigenvalue weighted by atomic mass is 10.1. The molecule has 19 heavy (non-hydrogen) atoms. The van der Waals surface area contributed by atoms with Crippen molar-refractivity contribution in [2.45, 2.75) is 6.61 Å². The average molecular weight is 273 g/mol. The second-order valence-corrected chi connectivity index (χ2v) is 4.45. The summed E-state index contributed by atoms with van der Waals surface area (Å²) in [5.41, 5.74) is 2.64. The summed E-state index contributed by atoms with van der Waals surface area (Å²) in [5.74, 6) is 0.570. The third-order valence-electron chi connectivity index (χ3n) is 2.70. The number of hydrogen-bond donors (Lipinski definition) is 0. The SMILES string of the molecule is C=Cc1ccc(COc2ccc(C=O)cc2Cl)cc1. The van der Waals surface area contributed by atoms with E-state index in [0.29, 0.717) is 22.9 Å². The Hall–Kier alpha value is -2.06. The van der Waals surface area contributed by atoms with Crippen molar-refractivity contribution in [3.05, 3.63) is 70.8 Å². The molecule has 0 N–H and O–H groups in total. The average Bonchev–Trinajstić information content (AvgIpc) is 2.46. The summed E-state index contributed by atoms with van der Waals surface area (Å²) in [6, 6.07) is 12.9. The van der Waals surface area contributed by atoms with Crippen LogP contribution in [0.1, 0.15) is 21.5 Å². The summed E-state index contributed by atoms with van der Waals surface area (Å²) in [4.78, 5) is 10.6. The first-order valence-corrected chi connectivity index (χ1v) is 6.19. The van der Waals surface area contributed by atoms with Gasteiger partial charge in [0, 0.05) is 5.56 Å². The van der Waals surface area contributed by atoms with E-state index < -0.39 is 0 Å². The highest BCUT2D eigenvalue weighted by atomic mass is 35.5. The molecular weight excluding hydrogens is 260 g/mol. The molecule has 0 bridgehead atoms. The van der Waals surface area contributed by atoms with Gasteiger partial charge in [0.15, 0.2) is 0 Å². The molecule has 0 aromatic heterocycles. The second-order valence-electron chi connectivity index (χ2n) is 4.04. The lowest BCUT2D eigenvalue weighted by Gasteiger charge is -2.08. The first kappa shape index (κ1) is 13.4. The van der Waals surface area contributed by atoms with Crippen molar-refractivity contribution in [1.29, 1.82) is 0 Å². The molecule has 0 atom stereocenters. The maximum absolute atomic E-state index is 10.6. The molecule has 2 nitrogen and oxygen atoms in total. The molecule has 0 saturated heterocycles. The van der Waals surface area contributed by atoms with Crippen LogP contribution in [0.2, 0.25) is 5.02 Å². The van der Waals surface area contributed by atoms with Crippen LogP contribution in [0.3, 0.4) is 0 Å². The van der Waals surface area contributed by atoms with Gasteiger partial charge >= 0.3 is 0 Å². The fourth-order valence-corrected chi connectivity index (χ4v) is 1.86. The number of carbonyl (C=O) groups is 1. The number of carbonyl (C=O) groups excluding carboxylic acids is 1. The van der Waals surface area contributed by atoms with Crippen LogP contribution in [0.5, 0.6) is 5.75 Å². The molecular formula is C16H13ClO2. The molecule has 2 rings (SSSR count). The van der Waals surface area contributed by atoms with Crippen molar-refractivity contribution in [3.8, 4) is 5.75 Å². The van der Waals surface area contributed by atoms with Gasteiger partial charge < -0.3 is 4.74 Å². The Labute approximate surface area is 117 Å². The van der Waals surface area contributed by atoms with E-state index in [4.69, 9.17) is 16.3 Å². The minimum Gasteiger partial charge on any atom is -0.487 e. The molecule has 0 aliphatic rings. The van der Waals surface area contributed by atoms with Gasteiger partial charge in [-0.25, -0.2) is 0 Å². The second kappa shape index (κ2) is 6.21. The van der Waals surface area contributed by atoms with Crippen molar-refractivity contribution < 1.29 is 9.53 Å². The quantitative estimate of drug-likeness (QED) is 0.755. The van der Waals surface area contributed by atoms with E-state index in [-0.39, 0.29) is 0 Å². The number of benzene rings is 2. The van der Waals surface area contributed by atoms with Crippen LogP contribution in [0, 0.1) is 0 Å². The molecule has 0 aliphatic carbocycles. The minimum atomic E-state index is 0.428. The zero-order valence-corrected chi connectivity index (χ0v) is 11.1. The Kier molecular flexibility index (Phi) is 4.37. The van der Waals surface area contributed by atoms with Crippen molar-refractivity contribution >= 4 is 24.0 Å². The molecule has 0 unspecified atom stereocenters. The predicted molar refractivity (Wildman–Crippen MR) is 77.7 cm³/mol. The molecule has 0 saturated carbocycles. The van der Waals surface area contributed by atoms with E-state index in [0.717, 1.165) is 17.4 Å². The van der Waals surface area contributed by atoms with Crippen LogP contribution in [-0.4, -0.2) is 6.29 Å². The van der Waals surface area contributed by atoms with Gasteiger partial charge in [0.25, 0.3) is 0 Å². The largest absolute Gasteiger partial charge is 0.487 e. The molecule has 3 heteroatoms. The third-order valence-corrected chi connectivity index (χ3v) is 3.00. The van der Waals surface area contributed by atoms with E-state index in [1.165, 1.54) is 0 Å². The number of rotatable bonds is 5. The Balaban J connectivity index is 2.05. The highest BCUT2D eigenvalue weighted by Crippen LogP contribution is 2.25. The third kappa shape index (κ3) is 3.46. The maximum Gasteiger partial charge on any atom is 0.150 e. The highest BCUT2D eigenvalue weighted by Gasteiger charge is 2.03. The lowest BCUT2D eigenvalue weighted by molar-refractivity contribution is 0.112. The Morgan fingerprint density at radius 2 is 1.79 bits per heavy atom. The number of ether oxygens (including phenoxy) is 1. The van der Waals surface area contributed by atoms with Crippen molar-refractivity contribution in [3.63, 3.8) is 0 Å². The van der Waals surface area contributed by atoms with Crippen molar-refractivity contribution in [1.82, 2.24) is 0 Å². The highest BCUT2D eigenvalue weighted by molar-refractivity contribution is 6.32. The molecule has 0 aliphatic heterocycles. The molecule has 0 heterocycles. The van der Waals surface area contributed by atoms with Crippen LogP contribution in [0.15, 0.2) is 49.0 Å². The van der Waals surface area contributed by atoms with E-state index in [1.807, 2.05) is 24.3 Å². The van der Waals surface area contributed by atoms with Gasteiger partial charge in [0.2, 0.25) is 0 Å². The summed E-state index contributed by atoms with van der Waals surface area (Å²) in [5, 5.41) is 0.437. The van der Waals surface area contributed by atoms with E-state index in [2.05, 4.69) is 6.58 Å². The zero-order chi connectivity index (χ0) is 13.7. The standard InChI is InChI=1S/C16H13ClO2/c1-2-12-3-5-13(6-4-12)11-19-16-8-7-14(10-18)9-15(16)17/h2-10H,1,11H2. The molecule has 96 valence electrons. The van der Waals surface area contributed by atoms with E-state index in [1.54, 1.807) is 24.3 Å². The van der Waals surface area contributed by atoms with Gasteiger partial charge in [0.05, 0.1) is 5.02 Å². The summed E-state index contributed by atoms with van der Waals surface area (Å²) in [6.07, 6.45) is 2.54. The summed E-state index contributed by atoms with van der Waals surface area (Å²) in [7, 11) is 0. The van der Waals surface area contributed by atoms with Gasteiger partial charge in [0.1, 0.15) is 18.6 Å². The fourth-order valence-electron chi connectivity index (χ4n) is 1.62. The summed E-state index contributed by atoms with van der Waals surface area (Å²) >= 11 is 6.02. The first-order chi connectivity index (χ1) is 9.22. The van der Waals surface area contributed by atoms with Gasteiger partial charge in [-0.05, 0) is 29.3 Å². The van der Waals surface area contributed by atoms with Crippen molar-refractivity contribution in [2.24, 2.45) is 0 Å². The molecule has 0 amide bonds. The Bertz CT molecular complexity index is 588. The number of halogens is 1. The number of hydrogen-bond acceptors (Lipinski definition) is 2. The smallest absolute Gasteiger partial charge is 0.150 e. The van der Waals surface area contributed by atoms with E-state index >= 15 is 0 Å². The van der Waals surface area contributed by atoms with Crippen LogP contribution in [0.4, 0.5) is 0 Å². The molecule has 2 aromatic rings. The molecule has 0 fully saturated rings. The van der Waals surface area contributed by atoms with E-state index in [9.17, 15) is 4.79 Å². The van der Waals surface area contributed by atoms with Gasteiger partial charge in [-0.2, -0.15) is 0 Å². The first-order valence-electron chi connectivity index (χ1n) is 5.82. The molecule has 2 aromatic carbocycles. The zero-order valence-electron chi connectivity index (χ0n) is 10.3. The Morgan fingerprint density at radius 3 is 2.37 bits per heavy atom. The van der Waals surface area contributed by atoms with Crippen LogP contribution in [0.25, 0.3) is 6.08 Å². The Morgan fingerprint density at radius 1 is 1.11 bits per heavy atom. The minimum absolute atomic E-state index is 0.428. The van der Waals surface area contributed by atoms with Crippen LogP contribution in [-0.2, 0) is 6.61 Å². The topological polar surface area (TPSA) is 26.3 Å². The van der Waals surface area contributed by atoms with Gasteiger partial charge in [-0.15, -0.1) is 0 Å². The summed E-state index contributed by atoms with van der Waals surface area (Å²) in [6.45, 7) is 4.13. The fraction of sp³-hybridized carbons (Fsp3) is 0.0625. The lowest BCUT2D eigenvalue weighted by Crippen LogP contribution is -1.96. The van der Waals surface area contributed by atoms with Gasteiger partial charge in [-0.1, -0.05) is 48.5 Å². The van der Waals surface area contributed by atoms with Crippen molar-refractivity contribution in [2.75, 3.05) is 0 Å². The summed E-state index contributed by atoms with van der Waals surface area (Å²) < 4.78 is 5.62. The maximum atomic E-state index is 10.6. The molecule has 0 radical (unpaired) electrons. The normalized spacial score (nSPS) is 9.95. The molecule has 0 spiro atoms. The monoisotopic (exact) mass is 272 g/mol. The van der Waals surface area contributed by atoms with Gasteiger partial charge in [-0.3, -0.25) is 4.79 Å². The number of aldehydes is 1.